The van der Waals surface area contributed by atoms with Crippen LogP contribution in [0.1, 0.15) is 60.0 Å². The van der Waals surface area contributed by atoms with Gasteiger partial charge in [0, 0.05) is 31.2 Å². The predicted octanol–water partition coefficient (Wildman–Crippen LogP) is 4.30. The Morgan fingerprint density at radius 1 is 1.18 bits per heavy atom. The van der Waals surface area contributed by atoms with E-state index < -0.39 is 0 Å². The molecule has 3 heterocycles. The van der Waals surface area contributed by atoms with Crippen LogP contribution in [-0.2, 0) is 0 Å². The number of rotatable bonds is 8. The molecule has 0 aliphatic carbocycles. The molecule has 0 unspecified atom stereocenters. The lowest BCUT2D eigenvalue weighted by molar-refractivity contribution is 0.0929. The van der Waals surface area contributed by atoms with E-state index in [0.717, 1.165) is 93.1 Å². The molecule has 2 aromatic rings. The van der Waals surface area contributed by atoms with E-state index in [-0.39, 0.29) is 11.9 Å². The van der Waals surface area contributed by atoms with Crippen molar-refractivity contribution in [3.8, 4) is 5.75 Å². The zero-order chi connectivity index (χ0) is 23.9. The van der Waals surface area contributed by atoms with Crippen LogP contribution in [0.5, 0.6) is 5.75 Å². The van der Waals surface area contributed by atoms with E-state index in [1.807, 2.05) is 26.0 Å². The normalized spacial score (nSPS) is 19.1. The fourth-order valence-corrected chi connectivity index (χ4v) is 5.15. The monoisotopic (exact) mass is 485 g/mol. The van der Waals surface area contributed by atoms with Crippen molar-refractivity contribution in [1.82, 2.24) is 20.6 Å². The van der Waals surface area contributed by atoms with Crippen molar-refractivity contribution < 1.29 is 9.53 Å². The Labute approximate surface area is 207 Å². The second kappa shape index (κ2) is 11.8. The summed E-state index contributed by atoms with van der Waals surface area (Å²) in [6, 6.07) is 4.19. The van der Waals surface area contributed by atoms with Gasteiger partial charge in [0.2, 0.25) is 5.95 Å². The first-order chi connectivity index (χ1) is 16.5. The van der Waals surface area contributed by atoms with E-state index in [1.165, 1.54) is 0 Å². The lowest BCUT2D eigenvalue weighted by atomic mass is 9.92. The van der Waals surface area contributed by atoms with E-state index in [4.69, 9.17) is 16.3 Å². The molecule has 2 aliphatic heterocycles. The highest BCUT2D eigenvalue weighted by molar-refractivity contribution is 6.30. The molecule has 8 heteroatoms. The van der Waals surface area contributed by atoms with E-state index >= 15 is 0 Å². The van der Waals surface area contributed by atoms with Crippen LogP contribution in [-0.4, -0.2) is 54.7 Å². The molecule has 1 aromatic carbocycles. The number of ether oxygens (including phenoxy) is 1. The molecular weight excluding hydrogens is 450 g/mol. The summed E-state index contributed by atoms with van der Waals surface area (Å²) in [4.78, 5) is 23.7. The summed E-state index contributed by atoms with van der Waals surface area (Å²) >= 11 is 5.89. The molecule has 34 heavy (non-hydrogen) atoms. The molecular formula is C26H36ClN5O2. The third-order valence-corrected chi connectivity index (χ3v) is 7.09. The van der Waals surface area contributed by atoms with Crippen LogP contribution in [0.2, 0.25) is 5.02 Å². The second-order valence-corrected chi connectivity index (χ2v) is 10.0. The summed E-state index contributed by atoms with van der Waals surface area (Å²) in [5, 5.41) is 7.10. The first-order valence-electron chi connectivity index (χ1n) is 12.5. The van der Waals surface area contributed by atoms with Gasteiger partial charge in [-0.25, -0.2) is 9.97 Å². The highest BCUT2D eigenvalue weighted by atomic mass is 35.5. The molecule has 2 N–H and O–H groups in total. The Balaban J connectivity index is 1.20. The minimum absolute atomic E-state index is 0.0191. The average molecular weight is 486 g/mol. The number of carbonyl (C=O) groups is 1. The number of aromatic nitrogens is 2. The maximum Gasteiger partial charge on any atom is 0.252 e. The summed E-state index contributed by atoms with van der Waals surface area (Å²) < 4.78 is 6.06. The largest absolute Gasteiger partial charge is 0.494 e. The zero-order valence-electron chi connectivity index (χ0n) is 20.3. The maximum absolute atomic E-state index is 12.8. The van der Waals surface area contributed by atoms with Crippen LogP contribution in [0.3, 0.4) is 0 Å². The number of nitrogens with zero attached hydrogens (tertiary/aromatic N) is 3. The van der Waals surface area contributed by atoms with Crippen molar-refractivity contribution in [2.45, 2.75) is 58.4 Å². The van der Waals surface area contributed by atoms with Gasteiger partial charge >= 0.3 is 0 Å². The van der Waals surface area contributed by atoms with Gasteiger partial charge in [-0.1, -0.05) is 11.6 Å². The summed E-state index contributed by atoms with van der Waals surface area (Å²) in [5.41, 5.74) is 2.70. The first kappa shape index (κ1) is 24.7. The minimum atomic E-state index is 0.0191. The summed E-state index contributed by atoms with van der Waals surface area (Å²) in [7, 11) is 0. The number of anilines is 1. The van der Waals surface area contributed by atoms with E-state index in [1.54, 1.807) is 12.4 Å². The molecule has 1 atom stereocenters. The van der Waals surface area contributed by atoms with Crippen LogP contribution >= 0.6 is 11.6 Å². The Bertz CT molecular complexity index is 931. The van der Waals surface area contributed by atoms with E-state index in [9.17, 15) is 4.79 Å². The van der Waals surface area contributed by atoms with Gasteiger partial charge in [-0.3, -0.25) is 4.79 Å². The zero-order valence-corrected chi connectivity index (χ0v) is 21.0. The number of piperidine rings is 2. The molecule has 0 radical (unpaired) electrons. The van der Waals surface area contributed by atoms with Crippen molar-refractivity contribution in [1.29, 1.82) is 0 Å². The number of carbonyl (C=O) groups excluding carboxylic acids is 1. The Kier molecular flexibility index (Phi) is 8.62. The smallest absolute Gasteiger partial charge is 0.252 e. The standard InChI is InChI=1S/C26H36ClN5O2/c1-18-13-23(14-19(2)24(18)25(33)31-22-6-3-9-28-17-22)34-12-4-5-20-7-10-32(11-8-20)26-29-15-21(27)16-30-26/h13-16,20,22,28H,3-12,17H2,1-2H3,(H,31,33)/t22-/m1/s1. The number of hydrogen-bond donors (Lipinski definition) is 2. The fourth-order valence-electron chi connectivity index (χ4n) is 5.05. The molecule has 0 saturated carbocycles. The number of nitrogens with one attached hydrogen (secondary N) is 2. The Morgan fingerprint density at radius 2 is 1.88 bits per heavy atom. The molecule has 2 aliphatic rings. The fraction of sp³-hybridized carbons (Fsp3) is 0.577. The highest BCUT2D eigenvalue weighted by Gasteiger charge is 2.21. The molecule has 1 aromatic heterocycles. The second-order valence-electron chi connectivity index (χ2n) is 9.57. The molecule has 7 nitrogen and oxygen atoms in total. The van der Waals surface area contributed by atoms with Crippen LogP contribution in [0.15, 0.2) is 24.5 Å². The van der Waals surface area contributed by atoms with Crippen LogP contribution in [0.4, 0.5) is 5.95 Å². The molecule has 4 rings (SSSR count). The average Bonchev–Trinajstić information content (AvgIpc) is 2.83. The molecule has 0 bridgehead atoms. The maximum atomic E-state index is 12.8. The third kappa shape index (κ3) is 6.60. The molecule has 1 amide bonds. The van der Waals surface area contributed by atoms with Gasteiger partial charge in [-0.05, 0) is 88.1 Å². The van der Waals surface area contributed by atoms with E-state index in [0.29, 0.717) is 17.5 Å². The topological polar surface area (TPSA) is 79.4 Å². The Hall–Kier alpha value is -2.38. The summed E-state index contributed by atoms with van der Waals surface area (Å²) in [6.45, 7) is 8.52. The number of aryl methyl sites for hydroxylation is 2. The van der Waals surface area contributed by atoms with Crippen molar-refractivity contribution >= 4 is 23.5 Å². The minimum Gasteiger partial charge on any atom is -0.494 e. The quantitative estimate of drug-likeness (QED) is 0.542. The van der Waals surface area contributed by atoms with Crippen molar-refractivity contribution in [2.24, 2.45) is 5.92 Å². The summed E-state index contributed by atoms with van der Waals surface area (Å²) in [6.07, 6.45) is 9.92. The lowest BCUT2D eigenvalue weighted by Crippen LogP contribution is -2.45. The molecule has 2 saturated heterocycles. The van der Waals surface area contributed by atoms with Gasteiger partial charge in [0.05, 0.1) is 24.0 Å². The van der Waals surface area contributed by atoms with Gasteiger partial charge in [-0.2, -0.15) is 0 Å². The molecule has 2 fully saturated rings. The lowest BCUT2D eigenvalue weighted by Gasteiger charge is -2.32. The van der Waals surface area contributed by atoms with E-state index in [2.05, 4.69) is 25.5 Å². The number of hydrogen-bond acceptors (Lipinski definition) is 6. The van der Waals surface area contributed by atoms with Crippen molar-refractivity contribution in [3.63, 3.8) is 0 Å². The predicted molar refractivity (Wildman–Crippen MR) is 136 cm³/mol. The van der Waals surface area contributed by atoms with Gasteiger partial charge < -0.3 is 20.3 Å². The molecule has 0 spiro atoms. The van der Waals surface area contributed by atoms with Gasteiger partial charge in [0.1, 0.15) is 5.75 Å². The van der Waals surface area contributed by atoms with Crippen molar-refractivity contribution in [3.05, 3.63) is 46.2 Å². The van der Waals surface area contributed by atoms with Gasteiger partial charge in [0.15, 0.2) is 0 Å². The Morgan fingerprint density at radius 3 is 2.53 bits per heavy atom. The number of halogens is 1. The SMILES string of the molecule is Cc1cc(OCCCC2CCN(c3ncc(Cl)cn3)CC2)cc(C)c1C(=O)N[C@@H]1CCCNC1. The molecule has 184 valence electrons. The van der Waals surface area contributed by atoms with Crippen LogP contribution in [0.25, 0.3) is 0 Å². The third-order valence-electron chi connectivity index (χ3n) is 6.89. The van der Waals surface area contributed by atoms with Crippen LogP contribution < -0.4 is 20.3 Å². The van der Waals surface area contributed by atoms with Gasteiger partial charge in [-0.15, -0.1) is 0 Å². The highest BCUT2D eigenvalue weighted by Crippen LogP contribution is 2.26. The number of benzene rings is 1. The first-order valence-corrected chi connectivity index (χ1v) is 12.9. The number of amides is 1. The summed E-state index contributed by atoms with van der Waals surface area (Å²) in [5.74, 6) is 2.34. The van der Waals surface area contributed by atoms with Gasteiger partial charge in [0.25, 0.3) is 5.91 Å². The van der Waals surface area contributed by atoms with Crippen molar-refractivity contribution in [2.75, 3.05) is 37.7 Å². The van der Waals surface area contributed by atoms with Crippen LogP contribution in [0, 0.1) is 19.8 Å².